The van der Waals surface area contributed by atoms with Crippen molar-refractivity contribution in [2.75, 3.05) is 36.5 Å². The predicted octanol–water partition coefficient (Wildman–Crippen LogP) is 3.32. The van der Waals surface area contributed by atoms with Crippen molar-refractivity contribution >= 4 is 17.3 Å². The first-order valence-electron chi connectivity index (χ1n) is 8.40. The van der Waals surface area contributed by atoms with Crippen LogP contribution in [-0.2, 0) is 16.0 Å². The average Bonchev–Trinajstić information content (AvgIpc) is 2.59. The van der Waals surface area contributed by atoms with E-state index < -0.39 is 0 Å². The molecule has 3 rings (SSSR count). The second kappa shape index (κ2) is 7.49. The van der Waals surface area contributed by atoms with Gasteiger partial charge in [0.2, 0.25) is 5.91 Å². The zero-order chi connectivity index (χ0) is 16.9. The molecule has 1 N–H and O–H groups in total. The van der Waals surface area contributed by atoms with Crippen LogP contribution >= 0.6 is 0 Å². The molecule has 1 fully saturated rings. The largest absolute Gasteiger partial charge is 0.378 e. The summed E-state index contributed by atoms with van der Waals surface area (Å²) in [7, 11) is 0. The lowest BCUT2D eigenvalue weighted by Crippen LogP contribution is -2.36. The maximum absolute atomic E-state index is 12.2. The van der Waals surface area contributed by atoms with E-state index in [9.17, 15) is 4.79 Å². The summed E-state index contributed by atoms with van der Waals surface area (Å²) in [5.74, 6) is 0.0115. The van der Waals surface area contributed by atoms with Crippen molar-refractivity contribution < 1.29 is 9.53 Å². The van der Waals surface area contributed by atoms with Gasteiger partial charge in [0, 0.05) is 24.5 Å². The minimum atomic E-state index is 0.0115. The van der Waals surface area contributed by atoms with Gasteiger partial charge >= 0.3 is 0 Å². The molecule has 24 heavy (non-hydrogen) atoms. The van der Waals surface area contributed by atoms with Crippen molar-refractivity contribution in [2.24, 2.45) is 0 Å². The van der Waals surface area contributed by atoms with Gasteiger partial charge in [0.25, 0.3) is 0 Å². The van der Waals surface area contributed by atoms with Gasteiger partial charge < -0.3 is 15.0 Å². The fourth-order valence-corrected chi connectivity index (χ4v) is 2.88. The summed E-state index contributed by atoms with van der Waals surface area (Å²) in [6, 6.07) is 14.2. The van der Waals surface area contributed by atoms with E-state index in [0.29, 0.717) is 6.42 Å². The summed E-state index contributed by atoms with van der Waals surface area (Å²) in [6.07, 6.45) is 0.395. The molecule has 1 heterocycles. The number of hydrogen-bond donors (Lipinski definition) is 1. The molecule has 1 amide bonds. The van der Waals surface area contributed by atoms with Crippen molar-refractivity contribution in [2.45, 2.75) is 20.3 Å². The molecule has 4 nitrogen and oxygen atoms in total. The van der Waals surface area contributed by atoms with E-state index in [1.807, 2.05) is 18.2 Å². The number of ether oxygens (including phenoxy) is 1. The van der Waals surface area contributed by atoms with Gasteiger partial charge in [-0.05, 0) is 54.8 Å². The van der Waals surface area contributed by atoms with E-state index in [1.165, 1.54) is 16.8 Å². The smallest absolute Gasteiger partial charge is 0.228 e. The Balaban J connectivity index is 1.58. The second-order valence-corrected chi connectivity index (χ2v) is 6.29. The number of nitrogens with zero attached hydrogens (tertiary/aromatic N) is 1. The summed E-state index contributed by atoms with van der Waals surface area (Å²) < 4.78 is 5.37. The van der Waals surface area contributed by atoms with Crippen LogP contribution in [0.1, 0.15) is 16.7 Å². The van der Waals surface area contributed by atoms with Crippen molar-refractivity contribution in [3.05, 3.63) is 59.2 Å². The molecule has 0 aliphatic carbocycles. The minimum absolute atomic E-state index is 0.0115. The fourth-order valence-electron chi connectivity index (χ4n) is 2.88. The number of amides is 1. The highest BCUT2D eigenvalue weighted by atomic mass is 16.5. The van der Waals surface area contributed by atoms with Crippen molar-refractivity contribution in [3.8, 4) is 0 Å². The van der Waals surface area contributed by atoms with Crippen LogP contribution in [0.2, 0.25) is 0 Å². The van der Waals surface area contributed by atoms with E-state index in [4.69, 9.17) is 4.74 Å². The van der Waals surface area contributed by atoms with Crippen LogP contribution < -0.4 is 10.2 Å². The van der Waals surface area contributed by atoms with Gasteiger partial charge in [-0.25, -0.2) is 0 Å². The molecule has 1 saturated heterocycles. The topological polar surface area (TPSA) is 41.6 Å². The number of rotatable bonds is 4. The standard InChI is InChI=1S/C20H24N2O2/c1-15-3-4-17(13-16(15)2)14-20(23)21-18-5-7-19(8-6-18)22-9-11-24-12-10-22/h3-8,13H,9-12,14H2,1-2H3,(H,21,23). The normalized spacial score (nSPS) is 14.5. The summed E-state index contributed by atoms with van der Waals surface area (Å²) >= 11 is 0. The van der Waals surface area contributed by atoms with Crippen LogP contribution in [0.5, 0.6) is 0 Å². The van der Waals surface area contributed by atoms with Crippen molar-refractivity contribution in [3.63, 3.8) is 0 Å². The first kappa shape index (κ1) is 16.5. The molecule has 1 aliphatic heterocycles. The van der Waals surface area contributed by atoms with Gasteiger partial charge in [-0.1, -0.05) is 18.2 Å². The number of nitrogens with one attached hydrogen (secondary N) is 1. The number of benzene rings is 2. The quantitative estimate of drug-likeness (QED) is 0.938. The van der Waals surface area contributed by atoms with Crippen LogP contribution in [0.25, 0.3) is 0 Å². The van der Waals surface area contributed by atoms with Crippen LogP contribution in [0.4, 0.5) is 11.4 Å². The maximum Gasteiger partial charge on any atom is 0.228 e. The number of anilines is 2. The maximum atomic E-state index is 12.2. The van der Waals surface area contributed by atoms with Crippen molar-refractivity contribution in [1.29, 1.82) is 0 Å². The lowest BCUT2D eigenvalue weighted by molar-refractivity contribution is -0.115. The van der Waals surface area contributed by atoms with Crippen LogP contribution in [0.3, 0.4) is 0 Å². The van der Waals surface area contributed by atoms with Gasteiger partial charge in [-0.15, -0.1) is 0 Å². The Labute approximate surface area is 143 Å². The van der Waals surface area contributed by atoms with Gasteiger partial charge in [0.05, 0.1) is 19.6 Å². The molecule has 2 aromatic rings. The third-order valence-electron chi connectivity index (χ3n) is 4.46. The number of hydrogen-bond acceptors (Lipinski definition) is 3. The van der Waals surface area contributed by atoms with Crippen LogP contribution in [-0.4, -0.2) is 32.2 Å². The monoisotopic (exact) mass is 324 g/mol. The minimum Gasteiger partial charge on any atom is -0.378 e. The molecule has 2 aromatic carbocycles. The SMILES string of the molecule is Cc1ccc(CC(=O)Nc2ccc(N3CCOCC3)cc2)cc1C. The predicted molar refractivity (Wildman–Crippen MR) is 97.7 cm³/mol. The molecule has 0 radical (unpaired) electrons. The highest BCUT2D eigenvalue weighted by molar-refractivity contribution is 5.92. The zero-order valence-corrected chi connectivity index (χ0v) is 14.3. The fraction of sp³-hybridized carbons (Fsp3) is 0.350. The summed E-state index contributed by atoms with van der Waals surface area (Å²) in [6.45, 7) is 7.52. The highest BCUT2D eigenvalue weighted by Gasteiger charge is 2.11. The first-order chi connectivity index (χ1) is 11.6. The first-order valence-corrected chi connectivity index (χ1v) is 8.40. The lowest BCUT2D eigenvalue weighted by Gasteiger charge is -2.28. The molecule has 0 atom stereocenters. The molecule has 1 aliphatic rings. The molecule has 0 saturated carbocycles. The molecule has 4 heteroatoms. The summed E-state index contributed by atoms with van der Waals surface area (Å²) in [5, 5.41) is 2.97. The Kier molecular flexibility index (Phi) is 5.16. The Hall–Kier alpha value is -2.33. The summed E-state index contributed by atoms with van der Waals surface area (Å²) in [4.78, 5) is 14.5. The Morgan fingerprint density at radius 1 is 1.04 bits per heavy atom. The van der Waals surface area contributed by atoms with Gasteiger partial charge in [-0.3, -0.25) is 4.79 Å². The molecule has 0 spiro atoms. The number of morpholine rings is 1. The molecule has 0 bridgehead atoms. The van der Waals surface area contributed by atoms with E-state index in [2.05, 4.69) is 48.3 Å². The Morgan fingerprint density at radius 2 is 1.75 bits per heavy atom. The van der Waals surface area contributed by atoms with E-state index in [-0.39, 0.29) is 5.91 Å². The number of carbonyl (C=O) groups is 1. The van der Waals surface area contributed by atoms with Crippen molar-refractivity contribution in [1.82, 2.24) is 0 Å². The zero-order valence-electron chi connectivity index (χ0n) is 14.3. The molecule has 126 valence electrons. The van der Waals surface area contributed by atoms with E-state index >= 15 is 0 Å². The average molecular weight is 324 g/mol. The van der Waals surface area contributed by atoms with E-state index in [1.54, 1.807) is 0 Å². The van der Waals surface area contributed by atoms with Crippen LogP contribution in [0, 0.1) is 13.8 Å². The molecule has 0 aromatic heterocycles. The third-order valence-corrected chi connectivity index (χ3v) is 4.46. The van der Waals surface area contributed by atoms with Gasteiger partial charge in [-0.2, -0.15) is 0 Å². The highest BCUT2D eigenvalue weighted by Crippen LogP contribution is 2.19. The van der Waals surface area contributed by atoms with Crippen LogP contribution in [0.15, 0.2) is 42.5 Å². The van der Waals surface area contributed by atoms with Gasteiger partial charge in [0.1, 0.15) is 0 Å². The molecular weight excluding hydrogens is 300 g/mol. The second-order valence-electron chi connectivity index (χ2n) is 6.29. The van der Waals surface area contributed by atoms with Gasteiger partial charge in [0.15, 0.2) is 0 Å². The number of aryl methyl sites for hydroxylation is 2. The molecule has 0 unspecified atom stereocenters. The Morgan fingerprint density at radius 3 is 2.42 bits per heavy atom. The third kappa shape index (κ3) is 4.15. The number of carbonyl (C=O) groups excluding carboxylic acids is 1. The Bertz CT molecular complexity index is 704. The molecular formula is C20H24N2O2. The summed E-state index contributed by atoms with van der Waals surface area (Å²) in [5.41, 5.74) is 5.51. The lowest BCUT2D eigenvalue weighted by atomic mass is 10.0. The van der Waals surface area contributed by atoms with E-state index in [0.717, 1.165) is 37.6 Å².